The van der Waals surface area contributed by atoms with E-state index in [4.69, 9.17) is 27.0 Å². The number of aromatic nitrogens is 2. The molecule has 1 aromatic heterocycles. The lowest BCUT2D eigenvalue weighted by atomic mass is 10.2. The summed E-state index contributed by atoms with van der Waals surface area (Å²) in [5, 5.41) is 10.7. The summed E-state index contributed by atoms with van der Waals surface area (Å²) in [6.07, 6.45) is 4.75. The number of terminal acetylenes is 1. The molecule has 0 saturated carbocycles. The molecule has 0 fully saturated rings. The summed E-state index contributed by atoms with van der Waals surface area (Å²) in [6.45, 7) is 4.33. The van der Waals surface area contributed by atoms with Gasteiger partial charge in [0.2, 0.25) is 0 Å². The van der Waals surface area contributed by atoms with E-state index in [0.29, 0.717) is 34.8 Å². The number of H-pyrrole nitrogens is 1. The van der Waals surface area contributed by atoms with Crippen molar-refractivity contribution in [3.05, 3.63) is 53.3 Å². The molecule has 2 aromatic carbocycles. The summed E-state index contributed by atoms with van der Waals surface area (Å²) in [5.74, 6) is 3.06. The molecule has 0 atom stereocenters. The van der Waals surface area contributed by atoms with E-state index in [2.05, 4.69) is 21.2 Å². The number of carbonyl (C=O) groups is 2. The largest absolute Gasteiger partial charge is 0.466 e. The molecular weight excluding hydrogens is 484 g/mol. The predicted molar refractivity (Wildman–Crippen MR) is 141 cm³/mol. The van der Waals surface area contributed by atoms with Crippen molar-refractivity contribution in [2.45, 2.75) is 26.8 Å². The molecule has 11 heteroatoms. The van der Waals surface area contributed by atoms with E-state index >= 15 is 0 Å². The van der Waals surface area contributed by atoms with Crippen LogP contribution >= 0.6 is 12.4 Å². The average Bonchev–Trinajstić information content (AvgIpc) is 3.26. The van der Waals surface area contributed by atoms with Crippen LogP contribution in [0.1, 0.15) is 30.3 Å². The number of amides is 1. The number of halogens is 1. The molecule has 1 heterocycles. The lowest BCUT2D eigenvalue weighted by Gasteiger charge is -2.19. The van der Waals surface area contributed by atoms with Gasteiger partial charge in [-0.05, 0) is 50.2 Å². The highest BCUT2D eigenvalue weighted by molar-refractivity contribution is 5.95. The molecule has 0 aliphatic carbocycles. The van der Waals surface area contributed by atoms with Crippen molar-refractivity contribution in [1.29, 1.82) is 5.41 Å². The highest BCUT2D eigenvalue weighted by Crippen LogP contribution is 2.26. The molecule has 0 aliphatic heterocycles. The average molecular weight is 513 g/mol. The molecule has 36 heavy (non-hydrogen) atoms. The van der Waals surface area contributed by atoms with E-state index in [1.54, 1.807) is 31.2 Å². The van der Waals surface area contributed by atoms with Crippen molar-refractivity contribution in [2.24, 2.45) is 5.73 Å². The first-order chi connectivity index (χ1) is 16.8. The number of aryl methyl sites for hydroxylation is 1. The molecule has 190 valence electrons. The minimum atomic E-state index is -0.652. The van der Waals surface area contributed by atoms with Crippen molar-refractivity contribution >= 4 is 47.0 Å². The number of aromatic amines is 1. The van der Waals surface area contributed by atoms with Gasteiger partial charge < -0.3 is 25.5 Å². The number of amidine groups is 1. The Kier molecular flexibility index (Phi) is 10.1. The zero-order chi connectivity index (χ0) is 25.4. The van der Waals surface area contributed by atoms with Crippen LogP contribution in [0.3, 0.4) is 0 Å². The maximum Gasteiger partial charge on any atom is 0.416 e. The monoisotopic (exact) mass is 512 g/mol. The third-order valence-electron chi connectivity index (χ3n) is 5.19. The molecule has 0 aliphatic rings. The fourth-order valence-electron chi connectivity index (χ4n) is 3.36. The number of nitrogens with one attached hydrogen (secondary N) is 3. The van der Waals surface area contributed by atoms with Crippen LogP contribution in [0, 0.1) is 24.7 Å². The Bertz CT molecular complexity index is 1270. The van der Waals surface area contributed by atoms with E-state index in [9.17, 15) is 9.59 Å². The maximum absolute atomic E-state index is 12.7. The molecule has 0 saturated heterocycles. The highest BCUT2D eigenvalue weighted by atomic mass is 35.5. The number of benzene rings is 2. The summed E-state index contributed by atoms with van der Waals surface area (Å²) in [6, 6.07) is 10.7. The van der Waals surface area contributed by atoms with Gasteiger partial charge in [-0.1, -0.05) is 5.92 Å². The summed E-state index contributed by atoms with van der Waals surface area (Å²) in [4.78, 5) is 33.5. The van der Waals surface area contributed by atoms with Crippen molar-refractivity contribution in [3.63, 3.8) is 0 Å². The van der Waals surface area contributed by atoms with Crippen molar-refractivity contribution in [1.82, 2.24) is 14.9 Å². The van der Waals surface area contributed by atoms with Gasteiger partial charge in [-0.25, -0.2) is 9.78 Å². The van der Waals surface area contributed by atoms with Crippen LogP contribution in [-0.2, 0) is 16.1 Å². The predicted octanol–water partition coefficient (Wildman–Crippen LogP) is 3.58. The molecule has 0 radical (unpaired) electrons. The Morgan fingerprint density at radius 1 is 1.25 bits per heavy atom. The highest BCUT2D eigenvalue weighted by Gasteiger charge is 2.19. The molecule has 3 aromatic rings. The van der Waals surface area contributed by atoms with Gasteiger partial charge in [0.15, 0.2) is 0 Å². The third kappa shape index (κ3) is 7.13. The normalized spacial score (nSPS) is 10.1. The van der Waals surface area contributed by atoms with Crippen molar-refractivity contribution in [2.75, 3.05) is 25.0 Å². The standard InChI is InChI=1S/C25H28N6O4.ClH/c1-4-13-31(14-12-22(32)34-5-2)25(33)35-20-11-10-19-23(16(20)3)30-21(29-19)15-28-18-8-6-17(7-9-18)24(26)27;/h1,6-11,28H,5,12-15H2,2-3H3,(H3,26,27)(H,29,30);1H. The summed E-state index contributed by atoms with van der Waals surface area (Å²) in [7, 11) is 0. The number of esters is 1. The Balaban J connectivity index is 0.00000456. The number of rotatable bonds is 10. The molecule has 0 unspecified atom stereocenters. The molecule has 1 amide bonds. The second kappa shape index (κ2) is 13.0. The zero-order valence-corrected chi connectivity index (χ0v) is 20.9. The Morgan fingerprint density at radius 3 is 2.61 bits per heavy atom. The second-order valence-electron chi connectivity index (χ2n) is 7.66. The van der Waals surface area contributed by atoms with Crippen molar-refractivity contribution < 1.29 is 19.1 Å². The zero-order valence-electron chi connectivity index (χ0n) is 20.1. The van der Waals surface area contributed by atoms with Gasteiger partial charge in [-0.3, -0.25) is 15.1 Å². The number of ether oxygens (including phenoxy) is 2. The van der Waals surface area contributed by atoms with E-state index in [1.807, 2.05) is 19.1 Å². The molecule has 3 rings (SSSR count). The SMILES string of the molecule is C#CCN(CCC(=O)OCC)C(=O)Oc1ccc2[nH]c(CNc3ccc(C(=N)N)cc3)nc2c1C.Cl. The lowest BCUT2D eigenvalue weighted by molar-refractivity contribution is -0.143. The van der Waals surface area contributed by atoms with Crippen LogP contribution in [0.4, 0.5) is 10.5 Å². The Morgan fingerprint density at radius 2 is 1.97 bits per heavy atom. The summed E-state index contributed by atoms with van der Waals surface area (Å²) in [5.41, 5.74) is 9.16. The minimum absolute atomic E-state index is 0. The molecule has 5 N–H and O–H groups in total. The second-order valence-corrected chi connectivity index (χ2v) is 7.66. The number of nitrogen functional groups attached to an aromatic ring is 1. The van der Waals surface area contributed by atoms with Gasteiger partial charge in [-0.2, -0.15) is 0 Å². The number of fused-ring (bicyclic) bond motifs is 1. The molecular formula is C25H29ClN6O4. The van der Waals surface area contributed by atoms with E-state index < -0.39 is 12.1 Å². The summed E-state index contributed by atoms with van der Waals surface area (Å²) < 4.78 is 10.5. The van der Waals surface area contributed by atoms with Gasteiger partial charge in [-0.15, -0.1) is 18.8 Å². The topological polar surface area (TPSA) is 146 Å². The first kappa shape index (κ1) is 28.0. The number of hydrogen-bond donors (Lipinski definition) is 4. The van der Waals surface area contributed by atoms with Gasteiger partial charge in [0.1, 0.15) is 17.4 Å². The van der Waals surface area contributed by atoms with Crippen LogP contribution in [-0.4, -0.2) is 52.5 Å². The van der Waals surface area contributed by atoms with Crippen LogP contribution in [0.5, 0.6) is 5.75 Å². The van der Waals surface area contributed by atoms with E-state index in [-0.39, 0.29) is 44.4 Å². The first-order valence-corrected chi connectivity index (χ1v) is 11.0. The first-order valence-electron chi connectivity index (χ1n) is 11.0. The molecule has 10 nitrogen and oxygen atoms in total. The number of imidazole rings is 1. The fraction of sp³-hybridized carbons (Fsp3) is 0.280. The van der Waals surface area contributed by atoms with Gasteiger partial charge >= 0.3 is 12.1 Å². The van der Waals surface area contributed by atoms with Crippen LogP contribution in [0.25, 0.3) is 11.0 Å². The molecule has 0 bridgehead atoms. The van der Waals surface area contributed by atoms with Crippen LogP contribution < -0.4 is 15.8 Å². The minimum Gasteiger partial charge on any atom is -0.466 e. The molecule has 0 spiro atoms. The van der Waals surface area contributed by atoms with Gasteiger partial charge in [0, 0.05) is 23.4 Å². The van der Waals surface area contributed by atoms with E-state index in [0.717, 1.165) is 11.2 Å². The number of carbonyl (C=O) groups excluding carboxylic acids is 2. The maximum atomic E-state index is 12.7. The quantitative estimate of drug-likeness (QED) is 0.140. The van der Waals surface area contributed by atoms with Crippen LogP contribution in [0.2, 0.25) is 0 Å². The number of hydrogen-bond acceptors (Lipinski definition) is 7. The third-order valence-corrected chi connectivity index (χ3v) is 5.19. The lowest BCUT2D eigenvalue weighted by Crippen LogP contribution is -2.36. The summed E-state index contributed by atoms with van der Waals surface area (Å²) >= 11 is 0. The number of anilines is 1. The van der Waals surface area contributed by atoms with Gasteiger partial charge in [0.05, 0.1) is 37.2 Å². The Labute approximate surface area is 215 Å². The van der Waals surface area contributed by atoms with Gasteiger partial charge in [0.25, 0.3) is 0 Å². The van der Waals surface area contributed by atoms with Crippen molar-refractivity contribution in [3.8, 4) is 18.1 Å². The van der Waals surface area contributed by atoms with E-state index in [1.165, 1.54) is 4.90 Å². The smallest absolute Gasteiger partial charge is 0.416 e. The van der Waals surface area contributed by atoms with Crippen LogP contribution in [0.15, 0.2) is 36.4 Å². The number of nitrogens with zero attached hydrogens (tertiary/aromatic N) is 2. The Hall–Kier alpha value is -4.23. The fourth-order valence-corrected chi connectivity index (χ4v) is 3.36. The number of nitrogens with two attached hydrogens (primary N) is 1.